The third-order valence-corrected chi connectivity index (χ3v) is 5.22. The van der Waals surface area contributed by atoms with Crippen molar-refractivity contribution in [1.82, 2.24) is 5.06 Å². The maximum absolute atomic E-state index is 13.0. The minimum Gasteiger partial charge on any atom is -0.464 e. The van der Waals surface area contributed by atoms with Crippen LogP contribution in [0.5, 0.6) is 0 Å². The highest BCUT2D eigenvalue weighted by Crippen LogP contribution is 2.47. The first-order valence-corrected chi connectivity index (χ1v) is 8.79. The van der Waals surface area contributed by atoms with Crippen molar-refractivity contribution in [3.05, 3.63) is 35.9 Å². The zero-order valence-corrected chi connectivity index (χ0v) is 14.5. The van der Waals surface area contributed by atoms with Gasteiger partial charge in [0.25, 0.3) is 0 Å². The van der Waals surface area contributed by atoms with Crippen LogP contribution in [0.25, 0.3) is 0 Å². The van der Waals surface area contributed by atoms with E-state index in [9.17, 15) is 4.79 Å². The maximum Gasteiger partial charge on any atom is 0.341 e. The fourth-order valence-corrected chi connectivity index (χ4v) is 4.13. The second-order valence-electron chi connectivity index (χ2n) is 6.50. The topological polar surface area (TPSA) is 38.8 Å². The van der Waals surface area contributed by atoms with Crippen LogP contribution < -0.4 is 0 Å². The summed E-state index contributed by atoms with van der Waals surface area (Å²) >= 11 is 0. The highest BCUT2D eigenvalue weighted by molar-refractivity contribution is 5.86. The van der Waals surface area contributed by atoms with Crippen LogP contribution in [-0.2, 0) is 14.4 Å². The van der Waals surface area contributed by atoms with E-state index >= 15 is 0 Å². The maximum atomic E-state index is 13.0. The zero-order chi connectivity index (χ0) is 17.0. The number of hydrogen-bond acceptors (Lipinski definition) is 4. The third kappa shape index (κ3) is 2.94. The van der Waals surface area contributed by atoms with E-state index in [1.54, 1.807) is 12.2 Å². The zero-order valence-electron chi connectivity index (χ0n) is 14.5. The number of ether oxygens (including phenoxy) is 1. The number of nitrogens with zero attached hydrogens (tertiary/aromatic N) is 1. The summed E-state index contributed by atoms with van der Waals surface area (Å²) in [7, 11) is 1.62. The van der Waals surface area contributed by atoms with Crippen LogP contribution in [-0.4, -0.2) is 36.8 Å². The van der Waals surface area contributed by atoms with Crippen molar-refractivity contribution in [3.8, 4) is 11.8 Å². The van der Waals surface area contributed by atoms with E-state index in [0.717, 1.165) is 31.4 Å². The summed E-state index contributed by atoms with van der Waals surface area (Å²) in [4.78, 5) is 18.6. The average Bonchev–Trinajstić information content (AvgIpc) is 2.96. The standard InChI is InChI=1S/C20H25NO3/c1-3-24-19(22)20(14-13-16-9-5-4-6-10-16)18-12-8-7-11-17(18)15-21(20)23-2/h4-6,9-10,17-18H,3,7-8,11-12,15H2,1-2H3/t17?,18?,20-/m1/s1. The van der Waals surface area contributed by atoms with Crippen molar-refractivity contribution < 1.29 is 14.4 Å². The number of benzene rings is 1. The van der Waals surface area contributed by atoms with Gasteiger partial charge in [0.1, 0.15) is 0 Å². The van der Waals surface area contributed by atoms with Crippen molar-refractivity contribution in [2.75, 3.05) is 20.3 Å². The molecule has 0 spiro atoms. The van der Waals surface area contributed by atoms with Crippen molar-refractivity contribution in [3.63, 3.8) is 0 Å². The Balaban J connectivity index is 2.04. The molecule has 128 valence electrons. The molecule has 0 N–H and O–H groups in total. The Kier molecular flexibility index (Phi) is 5.23. The number of carbonyl (C=O) groups excluding carboxylic acids is 1. The highest BCUT2D eigenvalue weighted by atomic mass is 16.7. The first kappa shape index (κ1) is 17.0. The molecule has 0 bridgehead atoms. The lowest BCUT2D eigenvalue weighted by Gasteiger charge is -2.36. The number of esters is 1. The van der Waals surface area contributed by atoms with E-state index in [1.165, 1.54) is 6.42 Å². The van der Waals surface area contributed by atoms with Crippen LogP contribution in [0.1, 0.15) is 38.2 Å². The SMILES string of the molecule is CCOC(=O)[C@@]1(C#Cc2ccccc2)C2CCCCC2CN1OC. The fraction of sp³-hybridized carbons (Fsp3) is 0.550. The van der Waals surface area contributed by atoms with Crippen molar-refractivity contribution in [2.45, 2.75) is 38.1 Å². The predicted molar refractivity (Wildman–Crippen MR) is 91.8 cm³/mol. The second-order valence-corrected chi connectivity index (χ2v) is 6.50. The molecule has 4 heteroatoms. The minimum atomic E-state index is -0.994. The van der Waals surface area contributed by atoms with Gasteiger partial charge in [-0.15, -0.1) is 0 Å². The van der Waals surface area contributed by atoms with Gasteiger partial charge in [0.15, 0.2) is 0 Å². The Hall–Kier alpha value is -1.83. The molecule has 0 aromatic heterocycles. The molecule has 1 saturated carbocycles. The van der Waals surface area contributed by atoms with E-state index in [0.29, 0.717) is 12.5 Å². The van der Waals surface area contributed by atoms with E-state index in [1.807, 2.05) is 37.3 Å². The number of fused-ring (bicyclic) bond motifs is 1. The lowest BCUT2D eigenvalue weighted by Crippen LogP contribution is -2.54. The van der Waals surface area contributed by atoms with E-state index < -0.39 is 5.54 Å². The molecule has 3 rings (SSSR count). The number of hydroxylamine groups is 2. The summed E-state index contributed by atoms with van der Waals surface area (Å²) in [6, 6.07) is 9.77. The van der Waals surface area contributed by atoms with Gasteiger partial charge in [-0.3, -0.25) is 0 Å². The van der Waals surface area contributed by atoms with Crippen LogP contribution in [0, 0.1) is 23.7 Å². The first-order valence-electron chi connectivity index (χ1n) is 8.79. The van der Waals surface area contributed by atoms with Gasteiger partial charge >= 0.3 is 5.97 Å². The van der Waals surface area contributed by atoms with Crippen molar-refractivity contribution in [2.24, 2.45) is 11.8 Å². The molecule has 2 unspecified atom stereocenters. The molecule has 1 aromatic carbocycles. The molecule has 1 aliphatic heterocycles. The lowest BCUT2D eigenvalue weighted by molar-refractivity contribution is -0.196. The molecule has 0 amide bonds. The molecule has 0 radical (unpaired) electrons. The Morgan fingerprint density at radius 3 is 2.75 bits per heavy atom. The van der Waals surface area contributed by atoms with Crippen LogP contribution >= 0.6 is 0 Å². The molecule has 1 aliphatic carbocycles. The summed E-state index contributed by atoms with van der Waals surface area (Å²) in [5.74, 6) is 6.80. The summed E-state index contributed by atoms with van der Waals surface area (Å²) < 4.78 is 5.44. The van der Waals surface area contributed by atoms with Gasteiger partial charge in [0, 0.05) is 18.0 Å². The summed E-state index contributed by atoms with van der Waals surface area (Å²) in [6.07, 6.45) is 4.46. The normalized spacial score (nSPS) is 29.4. The Labute approximate surface area is 144 Å². The van der Waals surface area contributed by atoms with E-state index in [-0.39, 0.29) is 11.9 Å². The average molecular weight is 327 g/mol. The van der Waals surface area contributed by atoms with Crippen molar-refractivity contribution >= 4 is 5.97 Å². The van der Waals surface area contributed by atoms with Gasteiger partial charge in [-0.25, -0.2) is 4.79 Å². The number of hydrogen-bond donors (Lipinski definition) is 0. The number of carbonyl (C=O) groups is 1. The van der Waals surface area contributed by atoms with Gasteiger partial charge in [-0.2, -0.15) is 5.06 Å². The van der Waals surface area contributed by atoms with Crippen LogP contribution in [0.3, 0.4) is 0 Å². The quantitative estimate of drug-likeness (QED) is 0.632. The minimum absolute atomic E-state index is 0.168. The second kappa shape index (κ2) is 7.38. The Morgan fingerprint density at radius 1 is 1.29 bits per heavy atom. The number of rotatable bonds is 3. The Bertz CT molecular complexity index is 633. The van der Waals surface area contributed by atoms with Crippen LogP contribution in [0.2, 0.25) is 0 Å². The highest BCUT2D eigenvalue weighted by Gasteiger charge is 2.60. The lowest BCUT2D eigenvalue weighted by atomic mass is 9.72. The molecule has 2 aliphatic rings. The van der Waals surface area contributed by atoms with Crippen molar-refractivity contribution in [1.29, 1.82) is 0 Å². The molecule has 1 heterocycles. The summed E-state index contributed by atoms with van der Waals surface area (Å²) in [6.45, 7) is 2.92. The van der Waals surface area contributed by atoms with Crippen LogP contribution in [0.4, 0.5) is 0 Å². The molecule has 1 saturated heterocycles. The van der Waals surface area contributed by atoms with Gasteiger partial charge in [0.05, 0.1) is 13.7 Å². The molecule has 3 atom stereocenters. The largest absolute Gasteiger partial charge is 0.464 e. The molecule has 1 aromatic rings. The third-order valence-electron chi connectivity index (χ3n) is 5.22. The fourth-order valence-electron chi connectivity index (χ4n) is 4.13. The molecular formula is C20H25NO3. The smallest absolute Gasteiger partial charge is 0.341 e. The van der Waals surface area contributed by atoms with Gasteiger partial charge in [-0.1, -0.05) is 42.9 Å². The molecular weight excluding hydrogens is 302 g/mol. The van der Waals surface area contributed by atoms with E-state index in [2.05, 4.69) is 11.8 Å². The predicted octanol–water partition coefficient (Wildman–Crippen LogP) is 3.02. The molecule has 24 heavy (non-hydrogen) atoms. The monoisotopic (exact) mass is 327 g/mol. The van der Waals surface area contributed by atoms with Gasteiger partial charge in [0.2, 0.25) is 5.54 Å². The van der Waals surface area contributed by atoms with Gasteiger partial charge < -0.3 is 9.57 Å². The van der Waals surface area contributed by atoms with Crippen LogP contribution in [0.15, 0.2) is 30.3 Å². The first-order chi connectivity index (χ1) is 11.7. The Morgan fingerprint density at radius 2 is 2.04 bits per heavy atom. The summed E-state index contributed by atoms with van der Waals surface area (Å²) in [5, 5.41) is 1.77. The summed E-state index contributed by atoms with van der Waals surface area (Å²) in [5.41, 5.74) is -0.0948. The van der Waals surface area contributed by atoms with Gasteiger partial charge in [-0.05, 0) is 37.8 Å². The molecule has 2 fully saturated rings. The van der Waals surface area contributed by atoms with E-state index in [4.69, 9.17) is 9.57 Å². The molecule has 4 nitrogen and oxygen atoms in total.